The standard InChI is InChI=1S/C21H22N4O2/c1-14-4-8-17(9-5-14)25-21(26)19-12-20(24-15(2)23-19)22-13-16-6-10-18(27-3)11-7-16/h4-12H,13H2,1-3H3,(H,25,26)(H,22,23,24). The molecule has 2 N–H and O–H groups in total. The minimum Gasteiger partial charge on any atom is -0.497 e. The molecular formula is C21H22N4O2. The normalized spacial score (nSPS) is 10.3. The van der Waals surface area contributed by atoms with Gasteiger partial charge in [-0.1, -0.05) is 29.8 Å². The maximum atomic E-state index is 12.5. The van der Waals surface area contributed by atoms with E-state index in [0.717, 1.165) is 22.6 Å². The first-order chi connectivity index (χ1) is 13.0. The monoisotopic (exact) mass is 362 g/mol. The molecule has 0 spiro atoms. The summed E-state index contributed by atoms with van der Waals surface area (Å²) in [6.45, 7) is 4.35. The van der Waals surface area contributed by atoms with Crippen molar-refractivity contribution >= 4 is 17.4 Å². The number of hydrogen-bond acceptors (Lipinski definition) is 5. The van der Waals surface area contributed by atoms with Gasteiger partial charge in [-0.2, -0.15) is 0 Å². The van der Waals surface area contributed by atoms with Crippen LogP contribution in [0, 0.1) is 13.8 Å². The average molecular weight is 362 g/mol. The second kappa shape index (κ2) is 8.31. The molecule has 1 aromatic heterocycles. The van der Waals surface area contributed by atoms with E-state index in [1.54, 1.807) is 20.1 Å². The Morgan fingerprint density at radius 3 is 2.37 bits per heavy atom. The number of aromatic nitrogens is 2. The van der Waals surface area contributed by atoms with Crippen molar-refractivity contribution in [2.45, 2.75) is 20.4 Å². The Balaban J connectivity index is 1.69. The second-order valence-corrected chi connectivity index (χ2v) is 6.21. The van der Waals surface area contributed by atoms with Crippen molar-refractivity contribution in [3.8, 4) is 5.75 Å². The highest BCUT2D eigenvalue weighted by molar-refractivity contribution is 6.03. The van der Waals surface area contributed by atoms with Crippen molar-refractivity contribution in [1.29, 1.82) is 0 Å². The number of amides is 1. The first-order valence-electron chi connectivity index (χ1n) is 8.64. The third kappa shape index (κ3) is 5.04. The summed E-state index contributed by atoms with van der Waals surface area (Å²) in [5.74, 6) is 1.68. The van der Waals surface area contributed by atoms with Crippen LogP contribution in [-0.2, 0) is 6.54 Å². The average Bonchev–Trinajstić information content (AvgIpc) is 2.68. The predicted octanol–water partition coefficient (Wildman–Crippen LogP) is 3.97. The van der Waals surface area contributed by atoms with Crippen molar-refractivity contribution in [2.24, 2.45) is 0 Å². The Labute approximate surface area is 158 Å². The number of carbonyl (C=O) groups is 1. The smallest absolute Gasteiger partial charge is 0.274 e. The van der Waals surface area contributed by atoms with Gasteiger partial charge < -0.3 is 15.4 Å². The van der Waals surface area contributed by atoms with E-state index in [2.05, 4.69) is 20.6 Å². The van der Waals surface area contributed by atoms with Gasteiger partial charge in [-0.15, -0.1) is 0 Å². The highest BCUT2D eigenvalue weighted by atomic mass is 16.5. The number of anilines is 2. The molecule has 1 heterocycles. The van der Waals surface area contributed by atoms with Crippen molar-refractivity contribution in [1.82, 2.24) is 9.97 Å². The summed E-state index contributed by atoms with van der Waals surface area (Å²) in [7, 11) is 1.64. The largest absolute Gasteiger partial charge is 0.497 e. The van der Waals surface area contributed by atoms with Gasteiger partial charge in [-0.05, 0) is 43.7 Å². The van der Waals surface area contributed by atoms with E-state index in [9.17, 15) is 4.79 Å². The first kappa shape index (κ1) is 18.4. The molecule has 6 nitrogen and oxygen atoms in total. The molecule has 0 fully saturated rings. The lowest BCUT2D eigenvalue weighted by Gasteiger charge is -2.10. The summed E-state index contributed by atoms with van der Waals surface area (Å²) in [5.41, 5.74) is 3.27. The first-order valence-corrected chi connectivity index (χ1v) is 8.64. The van der Waals surface area contributed by atoms with Crippen LogP contribution in [0.4, 0.5) is 11.5 Å². The van der Waals surface area contributed by atoms with E-state index in [1.807, 2.05) is 55.5 Å². The number of nitrogens with one attached hydrogen (secondary N) is 2. The van der Waals surface area contributed by atoms with Crippen LogP contribution in [0.2, 0.25) is 0 Å². The zero-order valence-corrected chi connectivity index (χ0v) is 15.6. The van der Waals surface area contributed by atoms with Gasteiger partial charge >= 0.3 is 0 Å². The molecule has 0 saturated heterocycles. The van der Waals surface area contributed by atoms with E-state index >= 15 is 0 Å². The Bertz CT molecular complexity index is 922. The van der Waals surface area contributed by atoms with Crippen molar-refractivity contribution in [3.63, 3.8) is 0 Å². The molecule has 0 atom stereocenters. The van der Waals surface area contributed by atoms with Gasteiger partial charge in [0.2, 0.25) is 0 Å². The maximum Gasteiger partial charge on any atom is 0.274 e. The van der Waals surface area contributed by atoms with Gasteiger partial charge in [0.1, 0.15) is 23.1 Å². The van der Waals surface area contributed by atoms with E-state index in [4.69, 9.17) is 4.74 Å². The summed E-state index contributed by atoms with van der Waals surface area (Å²) < 4.78 is 5.16. The Hall–Kier alpha value is -3.41. The Kier molecular flexibility index (Phi) is 5.66. The van der Waals surface area contributed by atoms with Crippen LogP contribution >= 0.6 is 0 Å². The molecule has 0 radical (unpaired) electrons. The number of hydrogen-bond donors (Lipinski definition) is 2. The van der Waals surface area contributed by atoms with Crippen molar-refractivity contribution < 1.29 is 9.53 Å². The van der Waals surface area contributed by atoms with E-state index in [-0.39, 0.29) is 5.91 Å². The molecule has 1 amide bonds. The molecule has 3 rings (SSSR count). The molecule has 0 unspecified atom stereocenters. The van der Waals surface area contributed by atoms with Gasteiger partial charge in [-0.25, -0.2) is 9.97 Å². The number of aryl methyl sites for hydroxylation is 2. The Morgan fingerprint density at radius 1 is 1.00 bits per heavy atom. The molecule has 0 bridgehead atoms. The lowest BCUT2D eigenvalue weighted by atomic mass is 10.2. The van der Waals surface area contributed by atoms with Crippen LogP contribution in [0.1, 0.15) is 27.4 Å². The van der Waals surface area contributed by atoms with E-state index in [0.29, 0.717) is 23.9 Å². The number of ether oxygens (including phenoxy) is 1. The summed E-state index contributed by atoms with van der Waals surface area (Å²) >= 11 is 0. The topological polar surface area (TPSA) is 76.1 Å². The molecule has 6 heteroatoms. The highest BCUT2D eigenvalue weighted by Crippen LogP contribution is 2.15. The second-order valence-electron chi connectivity index (χ2n) is 6.21. The molecule has 138 valence electrons. The summed E-state index contributed by atoms with van der Waals surface area (Å²) in [5, 5.41) is 6.09. The fourth-order valence-corrected chi connectivity index (χ4v) is 2.54. The fourth-order valence-electron chi connectivity index (χ4n) is 2.54. The van der Waals surface area contributed by atoms with Gasteiger partial charge in [0.05, 0.1) is 7.11 Å². The maximum absolute atomic E-state index is 12.5. The van der Waals surface area contributed by atoms with Crippen LogP contribution in [0.3, 0.4) is 0 Å². The quantitative estimate of drug-likeness (QED) is 0.694. The highest BCUT2D eigenvalue weighted by Gasteiger charge is 2.11. The minimum absolute atomic E-state index is 0.267. The van der Waals surface area contributed by atoms with Crippen LogP contribution in [-0.4, -0.2) is 23.0 Å². The van der Waals surface area contributed by atoms with Crippen LogP contribution in [0.5, 0.6) is 5.75 Å². The molecule has 3 aromatic rings. The molecular weight excluding hydrogens is 340 g/mol. The minimum atomic E-state index is -0.267. The van der Waals surface area contributed by atoms with Gasteiger partial charge in [0.15, 0.2) is 0 Å². The van der Waals surface area contributed by atoms with Crippen LogP contribution in [0.15, 0.2) is 54.6 Å². The fraction of sp³-hybridized carbons (Fsp3) is 0.190. The van der Waals surface area contributed by atoms with Gasteiger partial charge in [0.25, 0.3) is 5.91 Å². The number of carbonyl (C=O) groups excluding carboxylic acids is 1. The van der Waals surface area contributed by atoms with Gasteiger partial charge in [0, 0.05) is 18.3 Å². The zero-order valence-electron chi connectivity index (χ0n) is 15.6. The zero-order chi connectivity index (χ0) is 19.2. The third-order valence-electron chi connectivity index (χ3n) is 4.01. The summed E-state index contributed by atoms with van der Waals surface area (Å²) in [6.07, 6.45) is 0. The summed E-state index contributed by atoms with van der Waals surface area (Å²) in [4.78, 5) is 21.1. The van der Waals surface area contributed by atoms with Crippen LogP contribution in [0.25, 0.3) is 0 Å². The predicted molar refractivity (Wildman–Crippen MR) is 106 cm³/mol. The number of nitrogens with zero attached hydrogens (tertiary/aromatic N) is 2. The number of benzene rings is 2. The summed E-state index contributed by atoms with van der Waals surface area (Å²) in [6, 6.07) is 17.0. The SMILES string of the molecule is COc1ccc(CNc2cc(C(=O)Nc3ccc(C)cc3)nc(C)n2)cc1. The molecule has 27 heavy (non-hydrogen) atoms. The van der Waals surface area contributed by atoms with Crippen molar-refractivity contribution in [3.05, 3.63) is 77.2 Å². The lowest BCUT2D eigenvalue weighted by molar-refractivity contribution is 0.102. The molecule has 0 saturated carbocycles. The van der Waals surface area contributed by atoms with Crippen molar-refractivity contribution in [2.75, 3.05) is 17.7 Å². The number of methoxy groups -OCH3 is 1. The van der Waals surface area contributed by atoms with Gasteiger partial charge in [-0.3, -0.25) is 4.79 Å². The molecule has 0 aliphatic rings. The molecule has 2 aromatic carbocycles. The van der Waals surface area contributed by atoms with E-state index < -0.39 is 0 Å². The lowest BCUT2D eigenvalue weighted by Crippen LogP contribution is -2.15. The van der Waals surface area contributed by atoms with E-state index in [1.165, 1.54) is 0 Å². The molecule has 0 aliphatic carbocycles. The molecule has 0 aliphatic heterocycles. The third-order valence-corrected chi connectivity index (χ3v) is 4.01. The Morgan fingerprint density at radius 2 is 1.70 bits per heavy atom. The number of rotatable bonds is 6. The van der Waals surface area contributed by atoms with Crippen LogP contribution < -0.4 is 15.4 Å².